The van der Waals surface area contributed by atoms with Gasteiger partial charge in [-0.25, -0.2) is 0 Å². The van der Waals surface area contributed by atoms with Crippen LogP contribution in [0.25, 0.3) is 0 Å². The Balaban J connectivity index is 2.16. The summed E-state index contributed by atoms with van der Waals surface area (Å²) in [5.74, 6) is 0.388. The number of hydrogen-bond acceptors (Lipinski definition) is 4. The van der Waals surface area contributed by atoms with Crippen molar-refractivity contribution in [3.05, 3.63) is 11.4 Å². The first-order chi connectivity index (χ1) is 6.83. The maximum Gasteiger partial charge on any atom is 0.100 e. The zero-order chi connectivity index (χ0) is 9.97. The highest BCUT2D eigenvalue weighted by atomic mass is 16.5. The molecule has 0 aromatic carbocycles. The molecule has 14 heavy (non-hydrogen) atoms. The Morgan fingerprint density at radius 2 is 2.50 bits per heavy atom. The second-order valence-electron chi connectivity index (χ2n) is 3.53. The number of nitrogens with zero attached hydrogens (tertiary/aromatic N) is 3. The normalized spacial score (nSPS) is 20.9. The summed E-state index contributed by atoms with van der Waals surface area (Å²) in [6, 6.07) is 0. The van der Waals surface area contributed by atoms with E-state index in [4.69, 9.17) is 4.74 Å². The standard InChI is InChI=1S/C9H16N4O/c1-3-14-6-7-4-10-5-8-9(7)13(2)12-11-8/h7,10H,3-6H2,1-2H3/t7-/m1/s1. The number of aromatic nitrogens is 3. The van der Waals surface area contributed by atoms with Crippen molar-refractivity contribution in [2.24, 2.45) is 7.05 Å². The molecule has 1 atom stereocenters. The van der Waals surface area contributed by atoms with Crippen LogP contribution in [0.4, 0.5) is 0 Å². The zero-order valence-electron chi connectivity index (χ0n) is 8.66. The van der Waals surface area contributed by atoms with E-state index in [0.29, 0.717) is 5.92 Å². The molecule has 1 aromatic heterocycles. The van der Waals surface area contributed by atoms with Crippen molar-refractivity contribution in [2.45, 2.75) is 19.4 Å². The summed E-state index contributed by atoms with van der Waals surface area (Å²) in [5.41, 5.74) is 2.28. The summed E-state index contributed by atoms with van der Waals surface area (Å²) in [6.45, 7) is 5.30. The predicted molar refractivity (Wildman–Crippen MR) is 51.9 cm³/mol. The van der Waals surface area contributed by atoms with E-state index >= 15 is 0 Å². The van der Waals surface area contributed by atoms with Crippen LogP contribution in [0, 0.1) is 0 Å². The molecular formula is C9H16N4O. The quantitative estimate of drug-likeness (QED) is 0.741. The van der Waals surface area contributed by atoms with Crippen molar-refractivity contribution in [3.63, 3.8) is 0 Å². The number of nitrogens with one attached hydrogen (secondary N) is 1. The van der Waals surface area contributed by atoms with Crippen LogP contribution in [0.15, 0.2) is 0 Å². The first-order valence-corrected chi connectivity index (χ1v) is 4.99. The van der Waals surface area contributed by atoms with Crippen LogP contribution in [0.2, 0.25) is 0 Å². The highest BCUT2D eigenvalue weighted by Crippen LogP contribution is 2.21. The molecule has 2 heterocycles. The van der Waals surface area contributed by atoms with Crippen LogP contribution in [0.3, 0.4) is 0 Å². The molecule has 0 unspecified atom stereocenters. The molecule has 0 aliphatic carbocycles. The molecule has 0 radical (unpaired) electrons. The Labute approximate surface area is 83.4 Å². The zero-order valence-corrected chi connectivity index (χ0v) is 8.66. The number of aryl methyl sites for hydroxylation is 1. The molecule has 1 aromatic rings. The lowest BCUT2D eigenvalue weighted by atomic mass is 10.0. The molecule has 1 N–H and O–H groups in total. The highest BCUT2D eigenvalue weighted by Gasteiger charge is 2.24. The second-order valence-corrected chi connectivity index (χ2v) is 3.53. The third-order valence-electron chi connectivity index (χ3n) is 2.54. The Bertz CT molecular complexity index is 310. The summed E-state index contributed by atoms with van der Waals surface area (Å²) >= 11 is 0. The molecule has 78 valence electrons. The largest absolute Gasteiger partial charge is 0.381 e. The lowest BCUT2D eigenvalue weighted by Crippen LogP contribution is -2.32. The fourth-order valence-electron chi connectivity index (χ4n) is 1.89. The van der Waals surface area contributed by atoms with Crippen molar-refractivity contribution in [1.29, 1.82) is 0 Å². The van der Waals surface area contributed by atoms with Gasteiger partial charge >= 0.3 is 0 Å². The molecule has 0 saturated heterocycles. The molecule has 0 amide bonds. The van der Waals surface area contributed by atoms with E-state index in [1.165, 1.54) is 5.69 Å². The Morgan fingerprint density at radius 3 is 3.29 bits per heavy atom. The van der Waals surface area contributed by atoms with Crippen LogP contribution in [-0.2, 0) is 18.3 Å². The van der Waals surface area contributed by atoms with Crippen LogP contribution < -0.4 is 5.32 Å². The van der Waals surface area contributed by atoms with Crippen LogP contribution >= 0.6 is 0 Å². The van der Waals surface area contributed by atoms with Gasteiger partial charge in [0.25, 0.3) is 0 Å². The molecule has 0 fully saturated rings. The van der Waals surface area contributed by atoms with Gasteiger partial charge in [0.1, 0.15) is 5.69 Å². The number of hydrogen-bond donors (Lipinski definition) is 1. The summed E-state index contributed by atoms with van der Waals surface area (Å²) in [4.78, 5) is 0. The van der Waals surface area contributed by atoms with Gasteiger partial charge in [0.15, 0.2) is 0 Å². The van der Waals surface area contributed by atoms with E-state index < -0.39 is 0 Å². The lowest BCUT2D eigenvalue weighted by molar-refractivity contribution is 0.127. The molecule has 1 aliphatic heterocycles. The van der Waals surface area contributed by atoms with E-state index in [2.05, 4.69) is 15.6 Å². The number of fused-ring (bicyclic) bond motifs is 1. The van der Waals surface area contributed by atoms with Gasteiger partial charge in [-0.15, -0.1) is 5.10 Å². The summed E-state index contributed by atoms with van der Waals surface area (Å²) < 4.78 is 7.31. The fraction of sp³-hybridized carbons (Fsp3) is 0.778. The van der Waals surface area contributed by atoms with Gasteiger partial charge in [-0.2, -0.15) is 0 Å². The molecule has 1 aliphatic rings. The molecule has 5 heteroatoms. The number of ether oxygens (including phenoxy) is 1. The smallest absolute Gasteiger partial charge is 0.100 e. The van der Waals surface area contributed by atoms with Crippen molar-refractivity contribution >= 4 is 0 Å². The molecule has 2 rings (SSSR count). The monoisotopic (exact) mass is 196 g/mol. The minimum Gasteiger partial charge on any atom is -0.381 e. The highest BCUT2D eigenvalue weighted by molar-refractivity contribution is 5.19. The average molecular weight is 196 g/mol. The lowest BCUT2D eigenvalue weighted by Gasteiger charge is -2.22. The van der Waals surface area contributed by atoms with Gasteiger partial charge in [-0.1, -0.05) is 5.21 Å². The SMILES string of the molecule is CCOC[C@H]1CNCc2nnn(C)c21. The molecular weight excluding hydrogens is 180 g/mol. The van der Waals surface area contributed by atoms with Crippen LogP contribution in [0.1, 0.15) is 24.2 Å². The first kappa shape index (κ1) is 9.61. The van der Waals surface area contributed by atoms with Crippen molar-refractivity contribution in [1.82, 2.24) is 20.3 Å². The average Bonchev–Trinajstić information content (AvgIpc) is 2.58. The summed E-state index contributed by atoms with van der Waals surface area (Å²) in [6.07, 6.45) is 0. The van der Waals surface area contributed by atoms with Gasteiger partial charge in [-0.05, 0) is 6.92 Å². The number of rotatable bonds is 3. The van der Waals surface area contributed by atoms with E-state index in [0.717, 1.165) is 32.0 Å². The second kappa shape index (κ2) is 4.06. The van der Waals surface area contributed by atoms with E-state index in [1.807, 2.05) is 18.7 Å². The minimum atomic E-state index is 0.388. The van der Waals surface area contributed by atoms with Gasteiger partial charge < -0.3 is 10.1 Å². The van der Waals surface area contributed by atoms with Gasteiger partial charge in [0.2, 0.25) is 0 Å². The van der Waals surface area contributed by atoms with Crippen LogP contribution in [-0.4, -0.2) is 34.8 Å². The van der Waals surface area contributed by atoms with Gasteiger partial charge in [0, 0.05) is 32.7 Å². The fourth-order valence-corrected chi connectivity index (χ4v) is 1.89. The molecule has 5 nitrogen and oxygen atoms in total. The third kappa shape index (κ3) is 1.65. The first-order valence-electron chi connectivity index (χ1n) is 4.99. The Hall–Kier alpha value is -0.940. The van der Waals surface area contributed by atoms with E-state index in [1.54, 1.807) is 0 Å². The topological polar surface area (TPSA) is 52.0 Å². The summed E-state index contributed by atoms with van der Waals surface area (Å²) in [5, 5.41) is 11.5. The van der Waals surface area contributed by atoms with Crippen LogP contribution in [0.5, 0.6) is 0 Å². The van der Waals surface area contributed by atoms with Crippen molar-refractivity contribution < 1.29 is 4.74 Å². The maximum atomic E-state index is 5.45. The molecule has 0 spiro atoms. The maximum absolute atomic E-state index is 5.45. The molecule has 0 saturated carbocycles. The third-order valence-corrected chi connectivity index (χ3v) is 2.54. The van der Waals surface area contributed by atoms with E-state index in [9.17, 15) is 0 Å². The van der Waals surface area contributed by atoms with Crippen molar-refractivity contribution in [3.8, 4) is 0 Å². The predicted octanol–water partition coefficient (Wildman–Crippen LogP) is 0.0384. The van der Waals surface area contributed by atoms with E-state index in [-0.39, 0.29) is 0 Å². The van der Waals surface area contributed by atoms with Crippen molar-refractivity contribution in [2.75, 3.05) is 19.8 Å². The Morgan fingerprint density at radius 1 is 1.64 bits per heavy atom. The summed E-state index contributed by atoms with van der Waals surface area (Å²) in [7, 11) is 1.94. The Kier molecular flexibility index (Phi) is 2.79. The minimum absolute atomic E-state index is 0.388. The molecule has 0 bridgehead atoms. The van der Waals surface area contributed by atoms with Gasteiger partial charge in [0.05, 0.1) is 12.3 Å². The van der Waals surface area contributed by atoms with Gasteiger partial charge in [-0.3, -0.25) is 4.68 Å².